The molecule has 2 amide bonds. The van der Waals surface area contributed by atoms with Crippen LogP contribution in [0.15, 0.2) is 53.7 Å². The third kappa shape index (κ3) is 5.11. The number of carbonyl (C=O) groups is 2. The summed E-state index contributed by atoms with van der Waals surface area (Å²) in [5.74, 6) is -0.236. The number of carbonyl (C=O) groups excluding carboxylic acids is 2. The summed E-state index contributed by atoms with van der Waals surface area (Å²) in [5, 5.41) is 14.7. The van der Waals surface area contributed by atoms with Crippen LogP contribution in [0.1, 0.15) is 37.9 Å². The van der Waals surface area contributed by atoms with Crippen molar-refractivity contribution in [1.82, 2.24) is 10.2 Å². The second-order valence-electron chi connectivity index (χ2n) is 7.48. The third-order valence-corrected chi connectivity index (χ3v) is 5.39. The number of nitro groups is 1. The van der Waals surface area contributed by atoms with Gasteiger partial charge in [0.15, 0.2) is 11.5 Å². The number of hydrogen-bond acceptors (Lipinski definition) is 7. The Bertz CT molecular complexity index is 1120. The number of esters is 1. The van der Waals surface area contributed by atoms with Crippen molar-refractivity contribution in [3.8, 4) is 11.5 Å². The average molecular weight is 469 g/mol. The highest BCUT2D eigenvalue weighted by Crippen LogP contribution is 2.42. The molecule has 0 aromatic heterocycles. The Balaban J connectivity index is 2.12. The molecular weight excluding hydrogens is 442 g/mol. The van der Waals surface area contributed by atoms with Gasteiger partial charge in [0.25, 0.3) is 5.69 Å². The molecule has 0 saturated heterocycles. The minimum absolute atomic E-state index is 0.0874. The Labute approximate surface area is 197 Å². The van der Waals surface area contributed by atoms with Crippen LogP contribution in [0.2, 0.25) is 0 Å². The lowest BCUT2D eigenvalue weighted by molar-refractivity contribution is -0.385. The lowest BCUT2D eigenvalue weighted by Gasteiger charge is -2.33. The summed E-state index contributed by atoms with van der Waals surface area (Å²) in [6, 6.07) is 10.4. The van der Waals surface area contributed by atoms with Crippen molar-refractivity contribution in [2.45, 2.75) is 33.4 Å². The Hall–Kier alpha value is -4.08. The van der Waals surface area contributed by atoms with Crippen LogP contribution < -0.4 is 14.8 Å². The van der Waals surface area contributed by atoms with E-state index in [4.69, 9.17) is 14.2 Å². The van der Waals surface area contributed by atoms with Gasteiger partial charge in [0.2, 0.25) is 0 Å². The summed E-state index contributed by atoms with van der Waals surface area (Å²) in [5.41, 5.74) is 1.08. The summed E-state index contributed by atoms with van der Waals surface area (Å²) in [7, 11) is 1.50. The van der Waals surface area contributed by atoms with Crippen molar-refractivity contribution >= 4 is 17.7 Å². The fourth-order valence-electron chi connectivity index (χ4n) is 3.61. The predicted octanol–water partition coefficient (Wildman–Crippen LogP) is 4.11. The topological polar surface area (TPSA) is 120 Å². The minimum Gasteiger partial charge on any atom is -0.490 e. The molecule has 1 heterocycles. The lowest BCUT2D eigenvalue weighted by atomic mass is 9.93. The number of nitrogens with one attached hydrogen (secondary N) is 1. The summed E-state index contributed by atoms with van der Waals surface area (Å²) in [4.78, 5) is 38.0. The average Bonchev–Trinajstić information content (AvgIpc) is 2.82. The van der Waals surface area contributed by atoms with Gasteiger partial charge in [-0.2, -0.15) is 0 Å². The molecule has 2 aromatic carbocycles. The van der Waals surface area contributed by atoms with Crippen LogP contribution in [-0.4, -0.2) is 42.1 Å². The number of urea groups is 1. The van der Waals surface area contributed by atoms with Gasteiger partial charge in [-0.3, -0.25) is 10.1 Å². The number of nitrogens with zero attached hydrogens (tertiary/aromatic N) is 2. The van der Waals surface area contributed by atoms with Gasteiger partial charge >= 0.3 is 12.0 Å². The van der Waals surface area contributed by atoms with E-state index < -0.39 is 23.0 Å². The fraction of sp³-hybridized carbons (Fsp3) is 0.333. The quantitative estimate of drug-likeness (QED) is 0.333. The van der Waals surface area contributed by atoms with E-state index in [9.17, 15) is 19.7 Å². The van der Waals surface area contributed by atoms with Crippen molar-refractivity contribution in [3.63, 3.8) is 0 Å². The highest BCUT2D eigenvalue weighted by molar-refractivity contribution is 5.95. The van der Waals surface area contributed by atoms with Crippen LogP contribution in [0.3, 0.4) is 0 Å². The number of ether oxygens (including phenoxy) is 3. The van der Waals surface area contributed by atoms with E-state index in [2.05, 4.69) is 5.32 Å². The van der Waals surface area contributed by atoms with Crippen LogP contribution in [0, 0.1) is 10.1 Å². The zero-order chi connectivity index (χ0) is 24.8. The molecule has 0 unspecified atom stereocenters. The molecule has 0 radical (unpaired) electrons. The number of benzene rings is 2. The van der Waals surface area contributed by atoms with Gasteiger partial charge in [-0.05, 0) is 32.4 Å². The van der Waals surface area contributed by atoms with Gasteiger partial charge in [0.1, 0.15) is 6.61 Å². The smallest absolute Gasteiger partial charge is 0.338 e. The first-order valence-corrected chi connectivity index (χ1v) is 10.8. The molecule has 0 bridgehead atoms. The first kappa shape index (κ1) is 24.6. The van der Waals surface area contributed by atoms with Gasteiger partial charge < -0.3 is 24.4 Å². The molecule has 0 spiro atoms. The van der Waals surface area contributed by atoms with Crippen molar-refractivity contribution in [1.29, 1.82) is 0 Å². The molecule has 0 aliphatic carbocycles. The normalized spacial score (nSPS) is 15.6. The first-order chi connectivity index (χ1) is 16.3. The number of hydrogen-bond donors (Lipinski definition) is 1. The van der Waals surface area contributed by atoms with Crippen molar-refractivity contribution in [2.24, 2.45) is 0 Å². The van der Waals surface area contributed by atoms with Crippen LogP contribution in [0.25, 0.3) is 0 Å². The van der Waals surface area contributed by atoms with Crippen LogP contribution in [0.5, 0.6) is 11.5 Å². The van der Waals surface area contributed by atoms with E-state index >= 15 is 0 Å². The number of nitro benzene ring substituents is 1. The molecule has 3 rings (SSSR count). The second-order valence-corrected chi connectivity index (χ2v) is 7.48. The third-order valence-electron chi connectivity index (χ3n) is 5.39. The zero-order valence-corrected chi connectivity index (χ0v) is 19.5. The summed E-state index contributed by atoms with van der Waals surface area (Å²) >= 11 is 0. The van der Waals surface area contributed by atoms with E-state index in [-0.39, 0.29) is 48.1 Å². The standard InChI is InChI=1S/C24H27N3O7/c1-5-32-19-12-17(22-21(23(28)33-6-2)15(3)26(4)24(29)25-22)18(27(30)31)13-20(19)34-14-16-10-8-7-9-11-16/h7-13,22H,5-6,14H2,1-4H3,(H,25,29)/t22-/m1/s1. The van der Waals surface area contributed by atoms with Gasteiger partial charge in [-0.15, -0.1) is 0 Å². The van der Waals surface area contributed by atoms with E-state index in [0.717, 1.165) is 5.56 Å². The van der Waals surface area contributed by atoms with Gasteiger partial charge in [-0.25, -0.2) is 9.59 Å². The maximum absolute atomic E-state index is 12.8. The Morgan fingerprint density at radius 2 is 1.79 bits per heavy atom. The molecule has 34 heavy (non-hydrogen) atoms. The van der Waals surface area contributed by atoms with Crippen LogP contribution in [0.4, 0.5) is 10.5 Å². The molecule has 0 saturated carbocycles. The molecular formula is C24H27N3O7. The minimum atomic E-state index is -1.11. The monoisotopic (exact) mass is 469 g/mol. The summed E-state index contributed by atoms with van der Waals surface area (Å²) in [6.07, 6.45) is 0. The van der Waals surface area contributed by atoms with Gasteiger partial charge in [-0.1, -0.05) is 30.3 Å². The van der Waals surface area contributed by atoms with Crippen molar-refractivity contribution < 1.29 is 28.7 Å². The molecule has 180 valence electrons. The molecule has 1 N–H and O–H groups in total. The van der Waals surface area contributed by atoms with Gasteiger partial charge in [0.05, 0.1) is 41.4 Å². The molecule has 2 aromatic rings. The first-order valence-electron chi connectivity index (χ1n) is 10.8. The Morgan fingerprint density at radius 1 is 1.12 bits per heavy atom. The van der Waals surface area contributed by atoms with Crippen molar-refractivity contribution in [3.05, 3.63) is 75.0 Å². The Kier molecular flexibility index (Phi) is 7.72. The van der Waals surface area contributed by atoms with Crippen molar-refractivity contribution in [2.75, 3.05) is 20.3 Å². The van der Waals surface area contributed by atoms with Crippen LogP contribution in [-0.2, 0) is 16.1 Å². The van der Waals surface area contributed by atoms with Crippen LogP contribution >= 0.6 is 0 Å². The molecule has 1 aliphatic rings. The summed E-state index contributed by atoms with van der Waals surface area (Å²) < 4.78 is 16.7. The predicted molar refractivity (Wildman–Crippen MR) is 123 cm³/mol. The van der Waals surface area contributed by atoms with E-state index in [1.54, 1.807) is 20.8 Å². The number of rotatable bonds is 9. The van der Waals surface area contributed by atoms with E-state index in [1.807, 2.05) is 30.3 Å². The van der Waals surface area contributed by atoms with E-state index in [1.165, 1.54) is 24.1 Å². The highest BCUT2D eigenvalue weighted by Gasteiger charge is 2.39. The van der Waals surface area contributed by atoms with Gasteiger partial charge in [0, 0.05) is 12.7 Å². The second kappa shape index (κ2) is 10.7. The largest absolute Gasteiger partial charge is 0.490 e. The number of allylic oxidation sites excluding steroid dienone is 1. The molecule has 0 fully saturated rings. The molecule has 1 atom stereocenters. The number of amides is 2. The zero-order valence-electron chi connectivity index (χ0n) is 19.5. The van der Waals surface area contributed by atoms with E-state index in [0.29, 0.717) is 5.70 Å². The molecule has 10 heteroatoms. The maximum atomic E-state index is 12.8. The lowest BCUT2D eigenvalue weighted by Crippen LogP contribution is -2.46. The Morgan fingerprint density at radius 3 is 2.41 bits per heavy atom. The molecule has 10 nitrogen and oxygen atoms in total. The fourth-order valence-corrected chi connectivity index (χ4v) is 3.61. The highest BCUT2D eigenvalue weighted by atomic mass is 16.6. The molecule has 1 aliphatic heterocycles. The summed E-state index contributed by atoms with van der Waals surface area (Å²) in [6.45, 7) is 5.58. The SMILES string of the molecule is CCOC(=O)C1=C(C)N(C)C(=O)N[C@@H]1c1cc(OCC)c(OCc2ccccc2)cc1[N+](=O)[O-]. The maximum Gasteiger partial charge on any atom is 0.338 e.